The van der Waals surface area contributed by atoms with Crippen LogP contribution in [0.1, 0.15) is 0 Å². The molecule has 24 heavy (non-hydrogen) atoms. The Labute approximate surface area is 149 Å². The summed E-state index contributed by atoms with van der Waals surface area (Å²) in [4.78, 5) is 6.59. The molecular formula is C18H17BrN4O. The molecule has 0 spiro atoms. The van der Waals surface area contributed by atoms with Gasteiger partial charge in [-0.1, -0.05) is 58.4 Å². The van der Waals surface area contributed by atoms with E-state index in [4.69, 9.17) is 4.98 Å². The van der Waals surface area contributed by atoms with Crippen molar-refractivity contribution in [1.82, 2.24) is 15.2 Å². The Morgan fingerprint density at radius 1 is 1.00 bits per heavy atom. The lowest BCUT2D eigenvalue weighted by Gasteiger charge is -2.19. The largest absolute Gasteiger partial charge is 0.395 e. The molecule has 0 unspecified atom stereocenters. The molecule has 0 saturated heterocycles. The molecule has 0 fully saturated rings. The summed E-state index contributed by atoms with van der Waals surface area (Å²) in [5, 5.41) is 18.0. The molecule has 1 N–H and O–H groups in total. The van der Waals surface area contributed by atoms with Gasteiger partial charge in [0.2, 0.25) is 0 Å². The average Bonchev–Trinajstić information content (AvgIpc) is 2.62. The number of nitrogens with zero attached hydrogens (tertiary/aromatic N) is 4. The third kappa shape index (κ3) is 3.60. The highest BCUT2D eigenvalue weighted by molar-refractivity contribution is 9.10. The molecule has 0 saturated carbocycles. The zero-order valence-corrected chi connectivity index (χ0v) is 14.8. The van der Waals surface area contributed by atoms with Gasteiger partial charge in [-0.2, -0.15) is 0 Å². The SMILES string of the molecule is CN(CCO)c1nc(-c2cccc(Br)c2)nnc1-c1ccccc1. The number of hydrogen-bond donors (Lipinski definition) is 1. The van der Waals surface area contributed by atoms with Crippen LogP contribution >= 0.6 is 15.9 Å². The number of rotatable bonds is 5. The fraction of sp³-hybridized carbons (Fsp3) is 0.167. The minimum Gasteiger partial charge on any atom is -0.395 e. The van der Waals surface area contributed by atoms with E-state index in [9.17, 15) is 5.11 Å². The third-order valence-corrected chi connectivity index (χ3v) is 4.09. The van der Waals surface area contributed by atoms with Crippen molar-refractivity contribution in [3.05, 3.63) is 59.1 Å². The normalized spacial score (nSPS) is 10.6. The summed E-state index contributed by atoms with van der Waals surface area (Å²) in [6, 6.07) is 17.6. The fourth-order valence-corrected chi connectivity index (χ4v) is 2.77. The highest BCUT2D eigenvalue weighted by Crippen LogP contribution is 2.28. The quantitative estimate of drug-likeness (QED) is 0.730. The monoisotopic (exact) mass is 384 g/mol. The minimum absolute atomic E-state index is 0.0426. The van der Waals surface area contributed by atoms with E-state index >= 15 is 0 Å². The van der Waals surface area contributed by atoms with Crippen molar-refractivity contribution in [3.8, 4) is 22.6 Å². The van der Waals surface area contributed by atoms with E-state index in [-0.39, 0.29) is 6.61 Å². The minimum atomic E-state index is 0.0426. The summed E-state index contributed by atoms with van der Waals surface area (Å²) in [5.74, 6) is 1.25. The van der Waals surface area contributed by atoms with Crippen molar-refractivity contribution in [2.24, 2.45) is 0 Å². The van der Waals surface area contributed by atoms with Crippen LogP contribution in [0.4, 0.5) is 5.82 Å². The lowest BCUT2D eigenvalue weighted by atomic mass is 10.1. The van der Waals surface area contributed by atoms with Crippen molar-refractivity contribution in [2.45, 2.75) is 0 Å². The molecule has 3 aromatic rings. The first-order valence-corrected chi connectivity index (χ1v) is 8.36. The molecule has 0 aliphatic heterocycles. The van der Waals surface area contributed by atoms with Crippen molar-refractivity contribution in [1.29, 1.82) is 0 Å². The third-order valence-electron chi connectivity index (χ3n) is 3.60. The Balaban J connectivity index is 2.11. The van der Waals surface area contributed by atoms with E-state index in [1.165, 1.54) is 0 Å². The van der Waals surface area contributed by atoms with Gasteiger partial charge in [-0.25, -0.2) is 4.98 Å². The number of benzene rings is 2. The maximum Gasteiger partial charge on any atom is 0.183 e. The van der Waals surface area contributed by atoms with Gasteiger partial charge in [0.25, 0.3) is 0 Å². The maximum atomic E-state index is 9.27. The van der Waals surface area contributed by atoms with Crippen molar-refractivity contribution in [2.75, 3.05) is 25.1 Å². The van der Waals surface area contributed by atoms with Crippen LogP contribution in [0.25, 0.3) is 22.6 Å². The van der Waals surface area contributed by atoms with E-state index in [1.807, 2.05) is 66.5 Å². The van der Waals surface area contributed by atoms with E-state index in [1.54, 1.807) is 0 Å². The molecule has 0 aliphatic rings. The Kier molecular flexibility index (Phi) is 5.17. The van der Waals surface area contributed by atoms with Crippen LogP contribution in [0.3, 0.4) is 0 Å². The number of hydrogen-bond acceptors (Lipinski definition) is 5. The van der Waals surface area contributed by atoms with Crippen LogP contribution < -0.4 is 4.90 Å². The molecule has 2 aromatic carbocycles. The van der Waals surface area contributed by atoms with Gasteiger partial charge < -0.3 is 10.0 Å². The second kappa shape index (κ2) is 7.51. The number of aliphatic hydroxyl groups is 1. The first kappa shape index (κ1) is 16.5. The molecule has 122 valence electrons. The molecule has 6 heteroatoms. The van der Waals surface area contributed by atoms with Gasteiger partial charge in [-0.3, -0.25) is 0 Å². The van der Waals surface area contributed by atoms with Crippen molar-refractivity contribution in [3.63, 3.8) is 0 Å². The smallest absolute Gasteiger partial charge is 0.183 e. The van der Waals surface area contributed by atoms with Gasteiger partial charge in [-0.05, 0) is 12.1 Å². The van der Waals surface area contributed by atoms with Crippen LogP contribution in [-0.2, 0) is 0 Å². The Hall–Kier alpha value is -2.31. The van der Waals surface area contributed by atoms with Gasteiger partial charge in [-0.15, -0.1) is 10.2 Å². The predicted molar refractivity (Wildman–Crippen MR) is 98.8 cm³/mol. The van der Waals surface area contributed by atoms with Gasteiger partial charge in [0.1, 0.15) is 5.69 Å². The molecular weight excluding hydrogens is 368 g/mol. The van der Waals surface area contributed by atoms with E-state index in [0.29, 0.717) is 23.9 Å². The lowest BCUT2D eigenvalue weighted by Crippen LogP contribution is -2.24. The molecule has 0 atom stereocenters. The Morgan fingerprint density at radius 3 is 2.46 bits per heavy atom. The molecule has 1 aromatic heterocycles. The zero-order chi connectivity index (χ0) is 16.9. The summed E-state index contributed by atoms with van der Waals surface area (Å²) >= 11 is 3.46. The van der Waals surface area contributed by atoms with Gasteiger partial charge in [0.15, 0.2) is 11.6 Å². The molecule has 0 amide bonds. The first-order valence-electron chi connectivity index (χ1n) is 7.57. The number of aromatic nitrogens is 3. The second-order valence-corrected chi connectivity index (χ2v) is 6.24. The number of likely N-dealkylation sites (N-methyl/N-ethyl adjacent to an activating group) is 1. The van der Waals surface area contributed by atoms with E-state index in [2.05, 4.69) is 26.1 Å². The zero-order valence-electron chi connectivity index (χ0n) is 13.2. The Bertz CT molecular complexity index is 826. The maximum absolute atomic E-state index is 9.27. The number of halogens is 1. The second-order valence-electron chi connectivity index (χ2n) is 5.33. The van der Waals surface area contributed by atoms with Crippen LogP contribution in [0.15, 0.2) is 59.1 Å². The summed E-state index contributed by atoms with van der Waals surface area (Å²) < 4.78 is 0.959. The Morgan fingerprint density at radius 2 is 1.75 bits per heavy atom. The van der Waals surface area contributed by atoms with Crippen molar-refractivity contribution >= 4 is 21.7 Å². The standard InChI is InChI=1S/C18H17BrN4O/c1-23(10-11-24)18-16(13-6-3-2-4-7-13)21-22-17(20-18)14-8-5-9-15(19)12-14/h2-9,12,24H,10-11H2,1H3. The van der Waals surface area contributed by atoms with Gasteiger partial charge >= 0.3 is 0 Å². The topological polar surface area (TPSA) is 62.1 Å². The number of anilines is 1. The summed E-state index contributed by atoms with van der Waals surface area (Å²) in [5.41, 5.74) is 2.53. The van der Waals surface area contributed by atoms with E-state index < -0.39 is 0 Å². The van der Waals surface area contributed by atoms with Gasteiger partial charge in [0, 0.05) is 29.2 Å². The van der Waals surface area contributed by atoms with E-state index in [0.717, 1.165) is 15.6 Å². The molecule has 0 aliphatic carbocycles. The molecule has 0 bridgehead atoms. The summed E-state index contributed by atoms with van der Waals surface area (Å²) in [7, 11) is 1.89. The molecule has 5 nitrogen and oxygen atoms in total. The van der Waals surface area contributed by atoms with Crippen molar-refractivity contribution < 1.29 is 5.11 Å². The summed E-state index contributed by atoms with van der Waals surface area (Å²) in [6.45, 7) is 0.511. The van der Waals surface area contributed by atoms with Crippen LogP contribution in [-0.4, -0.2) is 40.5 Å². The van der Waals surface area contributed by atoms with Crippen LogP contribution in [0.5, 0.6) is 0 Å². The average molecular weight is 385 g/mol. The molecule has 0 radical (unpaired) electrons. The lowest BCUT2D eigenvalue weighted by molar-refractivity contribution is 0.304. The molecule has 3 rings (SSSR count). The van der Waals surface area contributed by atoms with Crippen LogP contribution in [0.2, 0.25) is 0 Å². The first-order chi connectivity index (χ1) is 11.7. The highest BCUT2D eigenvalue weighted by Gasteiger charge is 2.16. The number of aliphatic hydroxyl groups excluding tert-OH is 1. The van der Waals surface area contributed by atoms with Gasteiger partial charge in [0.05, 0.1) is 6.61 Å². The summed E-state index contributed by atoms with van der Waals surface area (Å²) in [6.07, 6.45) is 0. The molecule has 1 heterocycles. The van der Waals surface area contributed by atoms with Crippen LogP contribution in [0, 0.1) is 0 Å². The predicted octanol–water partition coefficient (Wildman–Crippen LogP) is 3.40. The fourth-order valence-electron chi connectivity index (χ4n) is 2.37. The highest BCUT2D eigenvalue weighted by atomic mass is 79.9.